The molecule has 0 aliphatic rings. The molecular weight excluding hydrogens is 448 g/mol. The van der Waals surface area contributed by atoms with Gasteiger partial charge in [0, 0.05) is 41.8 Å². The fourth-order valence-corrected chi connectivity index (χ4v) is 4.92. The van der Waals surface area contributed by atoms with Crippen LogP contribution in [0.2, 0.25) is 0 Å². The first-order chi connectivity index (χ1) is 16.5. The highest BCUT2D eigenvalue weighted by molar-refractivity contribution is 7.11. The van der Waals surface area contributed by atoms with Gasteiger partial charge in [-0.25, -0.2) is 4.98 Å². The number of aromatic amines is 1. The van der Waals surface area contributed by atoms with Crippen molar-refractivity contribution in [3.8, 4) is 22.9 Å². The van der Waals surface area contributed by atoms with Crippen LogP contribution >= 0.6 is 11.3 Å². The van der Waals surface area contributed by atoms with Gasteiger partial charge in [-0.1, -0.05) is 35.6 Å². The number of rotatable bonds is 4. The first-order valence-corrected chi connectivity index (χ1v) is 11.1. The summed E-state index contributed by atoms with van der Waals surface area (Å²) in [5, 5.41) is 17.6. The zero-order chi connectivity index (χ0) is 23.8. The monoisotopic (exact) mass is 466 g/mol. The van der Waals surface area contributed by atoms with Gasteiger partial charge in [0.25, 0.3) is 0 Å². The molecule has 0 bridgehead atoms. The number of hydrogen-bond donors (Lipinski definition) is 2. The summed E-state index contributed by atoms with van der Waals surface area (Å²) in [6.45, 7) is 3.42. The van der Waals surface area contributed by atoms with Gasteiger partial charge in [-0.05, 0) is 25.1 Å². The van der Waals surface area contributed by atoms with Crippen molar-refractivity contribution < 1.29 is 4.79 Å². The number of para-hydroxylation sites is 1. The van der Waals surface area contributed by atoms with Gasteiger partial charge in [-0.15, -0.1) is 0 Å². The standard InChI is InChI=1S/C24H18N8OS/c1-13-20(14(2)33)34-24(32(13)16-8-4-3-5-9-16)29-23-19-18(15-7-6-10-27-12-15)17(11-25)21(26)28-22(19)30-31-23/h3-10,12H,1-2H3,(H3,26,28,30,31). The molecule has 10 heteroatoms. The molecule has 0 unspecified atom stereocenters. The molecule has 0 spiro atoms. The summed E-state index contributed by atoms with van der Waals surface area (Å²) in [5.41, 5.74) is 9.61. The minimum absolute atomic E-state index is 0.0437. The molecule has 0 amide bonds. The Balaban J connectivity index is 1.87. The number of nitrogens with zero attached hydrogens (tertiary/aromatic N) is 6. The topological polar surface area (TPSA) is 139 Å². The SMILES string of the molecule is CC(=O)c1sc(=Nc2n[nH]c3nc(N)c(C#N)c(-c4cccnc4)c23)n(-c2ccccc2)c1C. The van der Waals surface area contributed by atoms with Crippen LogP contribution in [0.5, 0.6) is 0 Å². The molecule has 0 atom stereocenters. The maximum absolute atomic E-state index is 12.3. The van der Waals surface area contributed by atoms with Gasteiger partial charge in [-0.3, -0.25) is 19.4 Å². The third kappa shape index (κ3) is 3.44. The molecule has 4 heterocycles. The van der Waals surface area contributed by atoms with Crippen molar-refractivity contribution in [3.05, 3.63) is 75.8 Å². The van der Waals surface area contributed by atoms with Crippen LogP contribution in [0.4, 0.5) is 11.6 Å². The minimum Gasteiger partial charge on any atom is -0.383 e. The second-order valence-electron chi connectivity index (χ2n) is 7.51. The predicted octanol–water partition coefficient (Wildman–Crippen LogP) is 4.07. The maximum Gasteiger partial charge on any atom is 0.197 e. The van der Waals surface area contributed by atoms with Crippen molar-refractivity contribution in [2.75, 3.05) is 5.73 Å². The lowest BCUT2D eigenvalue weighted by atomic mass is 9.99. The van der Waals surface area contributed by atoms with Crippen LogP contribution in [0.15, 0.2) is 59.9 Å². The van der Waals surface area contributed by atoms with Crippen LogP contribution < -0.4 is 10.5 Å². The number of thiazole rings is 1. The summed E-state index contributed by atoms with van der Waals surface area (Å²) in [6.07, 6.45) is 3.30. The van der Waals surface area contributed by atoms with E-state index in [1.807, 2.05) is 47.9 Å². The van der Waals surface area contributed by atoms with Gasteiger partial charge in [0.2, 0.25) is 0 Å². The number of nitrogens with one attached hydrogen (secondary N) is 1. The van der Waals surface area contributed by atoms with Gasteiger partial charge in [0.15, 0.2) is 22.0 Å². The normalized spacial score (nSPS) is 11.6. The quantitative estimate of drug-likeness (QED) is 0.383. The van der Waals surface area contributed by atoms with Crippen molar-refractivity contribution in [1.82, 2.24) is 24.7 Å². The molecule has 34 heavy (non-hydrogen) atoms. The number of carbonyl (C=O) groups is 1. The Morgan fingerprint density at radius 3 is 2.71 bits per heavy atom. The van der Waals surface area contributed by atoms with E-state index in [1.165, 1.54) is 18.3 Å². The summed E-state index contributed by atoms with van der Waals surface area (Å²) in [4.78, 5) is 26.8. The van der Waals surface area contributed by atoms with E-state index >= 15 is 0 Å². The van der Waals surface area contributed by atoms with Crippen LogP contribution in [0.25, 0.3) is 27.8 Å². The fraction of sp³-hybridized carbons (Fsp3) is 0.0833. The average Bonchev–Trinajstić information content (AvgIpc) is 3.39. The Bertz CT molecular complexity index is 1660. The van der Waals surface area contributed by atoms with E-state index in [1.54, 1.807) is 18.5 Å². The van der Waals surface area contributed by atoms with E-state index in [2.05, 4.69) is 26.2 Å². The summed E-state index contributed by atoms with van der Waals surface area (Å²) in [6, 6.07) is 15.4. The highest BCUT2D eigenvalue weighted by Crippen LogP contribution is 2.37. The van der Waals surface area contributed by atoms with E-state index in [-0.39, 0.29) is 17.2 Å². The van der Waals surface area contributed by atoms with Gasteiger partial charge >= 0.3 is 0 Å². The highest BCUT2D eigenvalue weighted by atomic mass is 32.1. The second kappa shape index (κ2) is 8.38. The number of H-pyrrole nitrogens is 1. The number of carbonyl (C=O) groups excluding carboxylic acids is 1. The van der Waals surface area contributed by atoms with Crippen LogP contribution in [0.3, 0.4) is 0 Å². The van der Waals surface area contributed by atoms with Gasteiger partial charge in [0.05, 0.1) is 10.3 Å². The number of nitriles is 1. The molecule has 0 saturated heterocycles. The number of aromatic nitrogens is 5. The Kier molecular flexibility index (Phi) is 5.24. The zero-order valence-electron chi connectivity index (χ0n) is 18.3. The molecule has 3 N–H and O–H groups in total. The molecule has 0 aliphatic carbocycles. The zero-order valence-corrected chi connectivity index (χ0v) is 19.1. The lowest BCUT2D eigenvalue weighted by Gasteiger charge is -2.08. The van der Waals surface area contributed by atoms with Crippen LogP contribution in [0, 0.1) is 18.3 Å². The van der Waals surface area contributed by atoms with Crippen molar-refractivity contribution in [3.63, 3.8) is 0 Å². The van der Waals surface area contributed by atoms with Crippen LogP contribution in [-0.4, -0.2) is 30.5 Å². The number of fused-ring (bicyclic) bond motifs is 1. The van der Waals surface area contributed by atoms with Crippen LogP contribution in [0.1, 0.15) is 27.9 Å². The third-order valence-corrected chi connectivity index (χ3v) is 6.61. The number of ketones is 1. The molecule has 166 valence electrons. The van der Waals surface area contributed by atoms with E-state index in [0.717, 1.165) is 11.4 Å². The Hall–Kier alpha value is -4.62. The first kappa shape index (κ1) is 21.2. The molecule has 1 aromatic carbocycles. The molecule has 0 radical (unpaired) electrons. The van der Waals surface area contributed by atoms with Gasteiger partial charge in [-0.2, -0.15) is 15.4 Å². The van der Waals surface area contributed by atoms with Crippen molar-refractivity contribution in [1.29, 1.82) is 5.26 Å². The summed E-state index contributed by atoms with van der Waals surface area (Å²) >= 11 is 1.28. The first-order valence-electron chi connectivity index (χ1n) is 10.3. The summed E-state index contributed by atoms with van der Waals surface area (Å²) in [5.74, 6) is 0.380. The third-order valence-electron chi connectivity index (χ3n) is 5.36. The second-order valence-corrected chi connectivity index (χ2v) is 8.49. The molecule has 0 aliphatic heterocycles. The van der Waals surface area contributed by atoms with Crippen molar-refractivity contribution >= 4 is 39.8 Å². The average molecular weight is 467 g/mol. The number of anilines is 1. The van der Waals surface area contributed by atoms with Gasteiger partial charge < -0.3 is 5.73 Å². The van der Waals surface area contributed by atoms with Crippen molar-refractivity contribution in [2.24, 2.45) is 4.99 Å². The number of Topliss-reactive ketones (excluding diaryl/α,β-unsaturated/α-hetero) is 1. The Labute approximate surface area is 197 Å². The summed E-state index contributed by atoms with van der Waals surface area (Å²) in [7, 11) is 0. The van der Waals surface area contributed by atoms with Crippen LogP contribution in [-0.2, 0) is 0 Å². The number of nitrogens with two attached hydrogens (primary N) is 1. The number of pyridine rings is 2. The Morgan fingerprint density at radius 1 is 1.24 bits per heavy atom. The van der Waals surface area contributed by atoms with E-state index in [0.29, 0.717) is 37.7 Å². The van der Waals surface area contributed by atoms with E-state index < -0.39 is 0 Å². The number of benzene rings is 1. The van der Waals surface area contributed by atoms with E-state index in [9.17, 15) is 10.1 Å². The number of nitrogen functional groups attached to an aromatic ring is 1. The minimum atomic E-state index is -0.0437. The number of hydrogen-bond acceptors (Lipinski definition) is 8. The smallest absolute Gasteiger partial charge is 0.197 e. The summed E-state index contributed by atoms with van der Waals surface area (Å²) < 4.78 is 1.92. The fourth-order valence-electron chi connectivity index (χ4n) is 3.88. The molecule has 4 aromatic heterocycles. The highest BCUT2D eigenvalue weighted by Gasteiger charge is 2.21. The molecule has 0 fully saturated rings. The molecule has 0 saturated carbocycles. The molecule has 5 aromatic rings. The Morgan fingerprint density at radius 2 is 2.03 bits per heavy atom. The molecular formula is C24H18N8OS. The predicted molar refractivity (Wildman–Crippen MR) is 130 cm³/mol. The largest absolute Gasteiger partial charge is 0.383 e. The maximum atomic E-state index is 12.3. The lowest BCUT2D eigenvalue weighted by molar-refractivity contribution is 0.102. The lowest BCUT2D eigenvalue weighted by Crippen LogP contribution is -2.14. The molecule has 5 rings (SSSR count). The van der Waals surface area contributed by atoms with Gasteiger partial charge in [0.1, 0.15) is 17.5 Å². The molecule has 9 nitrogen and oxygen atoms in total. The van der Waals surface area contributed by atoms with E-state index in [4.69, 9.17) is 10.7 Å². The van der Waals surface area contributed by atoms with Crippen molar-refractivity contribution in [2.45, 2.75) is 13.8 Å².